The van der Waals surface area contributed by atoms with Gasteiger partial charge >= 0.3 is 5.97 Å². The van der Waals surface area contributed by atoms with Crippen LogP contribution in [-0.2, 0) is 32.9 Å². The lowest BCUT2D eigenvalue weighted by Crippen LogP contribution is -2.58. The molecule has 7 nitrogen and oxygen atoms in total. The molecule has 0 bridgehead atoms. The number of esters is 1. The van der Waals surface area contributed by atoms with Crippen LogP contribution in [0.15, 0.2) is 36.5 Å². The molecule has 1 aromatic carbocycles. The maximum atomic E-state index is 12.8. The van der Waals surface area contributed by atoms with E-state index in [9.17, 15) is 14.1 Å². The van der Waals surface area contributed by atoms with Crippen molar-refractivity contribution in [3.05, 3.63) is 58.9 Å². The number of pyridine rings is 1. The molecule has 168 valence electrons. The van der Waals surface area contributed by atoms with E-state index in [0.29, 0.717) is 12.1 Å². The second kappa shape index (κ2) is 9.33. The molecular formula is C24H27N3O4S. The molecule has 1 aliphatic rings. The molecule has 0 saturated heterocycles. The third-order valence-corrected chi connectivity index (χ3v) is 6.85. The van der Waals surface area contributed by atoms with E-state index < -0.39 is 27.6 Å². The van der Waals surface area contributed by atoms with Gasteiger partial charge in [0.1, 0.15) is 16.0 Å². The van der Waals surface area contributed by atoms with E-state index in [-0.39, 0.29) is 18.0 Å². The number of methoxy groups -OCH3 is 1. The Balaban J connectivity index is 1.84. The zero-order valence-corrected chi connectivity index (χ0v) is 19.7. The summed E-state index contributed by atoms with van der Waals surface area (Å²) in [6.07, 6.45) is 2.13. The van der Waals surface area contributed by atoms with Gasteiger partial charge in [0.05, 0.1) is 13.5 Å². The summed E-state index contributed by atoms with van der Waals surface area (Å²) in [6.45, 7) is 7.33. The van der Waals surface area contributed by atoms with E-state index in [1.165, 1.54) is 7.11 Å². The molecule has 1 aliphatic carbocycles. The van der Waals surface area contributed by atoms with Crippen molar-refractivity contribution in [2.75, 3.05) is 12.4 Å². The standard InChI is InChI=1S/C24H27N3O4S/c1-6-7-16-8-11-20(25-15-16)22(29)26-18-10-9-17-13-24(19(17)12-18,14-21(28)31-5)27-32(30)23(2,3)4/h8-12,15,27H,13-14H2,1-5H3,(H,26,29)/t24-,32?/m0/s1. The van der Waals surface area contributed by atoms with Gasteiger partial charge in [0, 0.05) is 28.8 Å². The smallest absolute Gasteiger partial charge is 0.307 e. The minimum Gasteiger partial charge on any atom is -0.598 e. The highest BCUT2D eigenvalue weighted by atomic mass is 32.2. The second-order valence-electron chi connectivity index (χ2n) is 8.63. The van der Waals surface area contributed by atoms with Gasteiger partial charge in [-0.05, 0) is 69.5 Å². The van der Waals surface area contributed by atoms with Crippen molar-refractivity contribution in [2.45, 2.75) is 50.8 Å². The van der Waals surface area contributed by atoms with Crippen molar-refractivity contribution < 1.29 is 18.9 Å². The Kier molecular flexibility index (Phi) is 6.94. The molecule has 0 fully saturated rings. The number of carbonyl (C=O) groups is 2. The molecule has 2 atom stereocenters. The minimum absolute atomic E-state index is 0.0389. The van der Waals surface area contributed by atoms with Gasteiger partial charge in [-0.1, -0.05) is 12.0 Å². The molecule has 1 amide bonds. The predicted octanol–water partition coefficient (Wildman–Crippen LogP) is 3.07. The third-order valence-electron chi connectivity index (χ3n) is 5.16. The number of amides is 1. The largest absolute Gasteiger partial charge is 0.598 e. The van der Waals surface area contributed by atoms with Gasteiger partial charge in [-0.25, -0.2) is 4.98 Å². The first-order valence-corrected chi connectivity index (χ1v) is 11.3. The van der Waals surface area contributed by atoms with Gasteiger partial charge in [0.15, 0.2) is 0 Å². The first-order valence-electron chi connectivity index (χ1n) is 10.2. The molecule has 1 aromatic heterocycles. The van der Waals surface area contributed by atoms with Crippen LogP contribution in [0, 0.1) is 11.8 Å². The van der Waals surface area contributed by atoms with Gasteiger partial charge in [-0.15, -0.1) is 10.6 Å². The monoisotopic (exact) mass is 453 g/mol. The Labute approximate surface area is 191 Å². The van der Waals surface area contributed by atoms with Crippen molar-refractivity contribution in [2.24, 2.45) is 0 Å². The van der Waals surface area contributed by atoms with Gasteiger partial charge in [-0.2, -0.15) is 0 Å². The molecule has 0 saturated carbocycles. The summed E-state index contributed by atoms with van der Waals surface area (Å²) in [5, 5.41) is 2.84. The van der Waals surface area contributed by atoms with E-state index in [0.717, 1.165) is 16.7 Å². The normalized spacial score (nSPS) is 17.8. The second-order valence-corrected chi connectivity index (χ2v) is 10.6. The molecule has 1 unspecified atom stereocenters. The molecule has 2 N–H and O–H groups in total. The van der Waals surface area contributed by atoms with E-state index in [1.807, 2.05) is 32.9 Å². The molecule has 0 aliphatic heterocycles. The van der Waals surface area contributed by atoms with Crippen LogP contribution in [0.1, 0.15) is 61.3 Å². The molecule has 0 radical (unpaired) electrons. The number of nitrogens with zero attached hydrogens (tertiary/aromatic N) is 1. The quantitative estimate of drug-likeness (QED) is 0.396. The highest BCUT2D eigenvalue weighted by molar-refractivity contribution is 7.90. The lowest BCUT2D eigenvalue weighted by molar-refractivity contribution is -0.142. The average Bonchev–Trinajstić information content (AvgIpc) is 2.73. The van der Waals surface area contributed by atoms with Crippen LogP contribution in [0.4, 0.5) is 5.69 Å². The highest BCUT2D eigenvalue weighted by Gasteiger charge is 2.49. The first-order chi connectivity index (χ1) is 15.1. The Morgan fingerprint density at radius 1 is 1.28 bits per heavy atom. The fraction of sp³-hybridized carbons (Fsp3) is 0.375. The predicted molar refractivity (Wildman–Crippen MR) is 124 cm³/mol. The minimum atomic E-state index is -1.40. The average molecular weight is 454 g/mol. The lowest BCUT2D eigenvalue weighted by Gasteiger charge is -2.45. The Morgan fingerprint density at radius 3 is 2.62 bits per heavy atom. The van der Waals surface area contributed by atoms with E-state index >= 15 is 0 Å². The Morgan fingerprint density at radius 2 is 2.03 bits per heavy atom. The number of aromatic nitrogens is 1. The van der Waals surface area contributed by atoms with Crippen molar-refractivity contribution in [3.8, 4) is 11.8 Å². The first kappa shape index (κ1) is 23.8. The van der Waals surface area contributed by atoms with E-state index in [4.69, 9.17) is 4.74 Å². The number of rotatable bonds is 6. The number of ether oxygens (including phenoxy) is 1. The van der Waals surface area contributed by atoms with Crippen LogP contribution < -0.4 is 10.0 Å². The zero-order chi connectivity index (χ0) is 23.5. The van der Waals surface area contributed by atoms with Crippen LogP contribution in [-0.4, -0.2) is 33.3 Å². The molecule has 3 rings (SSSR count). The molecular weight excluding hydrogens is 426 g/mol. The van der Waals surface area contributed by atoms with Crippen LogP contribution in [0.5, 0.6) is 0 Å². The van der Waals surface area contributed by atoms with Gasteiger partial charge in [0.2, 0.25) is 0 Å². The number of hydrogen-bond acceptors (Lipinski definition) is 6. The molecule has 1 heterocycles. The number of nitrogens with one attached hydrogen (secondary N) is 2. The van der Waals surface area contributed by atoms with Crippen molar-refractivity contribution >= 4 is 28.9 Å². The van der Waals surface area contributed by atoms with Gasteiger partial charge in [0.25, 0.3) is 5.91 Å². The van der Waals surface area contributed by atoms with Gasteiger partial charge < -0.3 is 14.6 Å². The summed E-state index contributed by atoms with van der Waals surface area (Å²) < 4.78 is 20.4. The van der Waals surface area contributed by atoms with Gasteiger partial charge in [-0.3, -0.25) is 9.59 Å². The summed E-state index contributed by atoms with van der Waals surface area (Å²) in [5.41, 5.74) is 2.58. The fourth-order valence-corrected chi connectivity index (χ4v) is 4.36. The fourth-order valence-electron chi connectivity index (χ4n) is 3.44. The molecule has 2 aromatic rings. The Hall–Kier alpha value is -2.86. The Bertz CT molecular complexity index is 1080. The van der Waals surface area contributed by atoms with Crippen LogP contribution in [0.2, 0.25) is 0 Å². The van der Waals surface area contributed by atoms with Crippen molar-refractivity contribution in [3.63, 3.8) is 0 Å². The maximum absolute atomic E-state index is 12.8. The number of fused-ring (bicyclic) bond motifs is 1. The lowest BCUT2D eigenvalue weighted by atomic mass is 9.69. The SMILES string of the molecule is CC#Cc1ccc(C(=O)Nc2ccc3c(c2)[C@](CC(=O)OC)(N[S+]([O-])C(C)(C)C)C3)nc1. The molecule has 8 heteroatoms. The van der Waals surface area contributed by atoms with Crippen molar-refractivity contribution in [1.29, 1.82) is 0 Å². The zero-order valence-electron chi connectivity index (χ0n) is 18.9. The summed E-state index contributed by atoms with van der Waals surface area (Å²) in [7, 11) is 1.33. The summed E-state index contributed by atoms with van der Waals surface area (Å²) in [6, 6.07) is 8.87. The highest BCUT2D eigenvalue weighted by Crippen LogP contribution is 2.44. The van der Waals surface area contributed by atoms with Crippen molar-refractivity contribution in [1.82, 2.24) is 9.71 Å². The maximum Gasteiger partial charge on any atom is 0.307 e. The van der Waals surface area contributed by atoms with E-state index in [2.05, 4.69) is 26.9 Å². The van der Waals surface area contributed by atoms with Crippen LogP contribution in [0.25, 0.3) is 0 Å². The molecule has 32 heavy (non-hydrogen) atoms. The number of benzene rings is 1. The summed E-state index contributed by atoms with van der Waals surface area (Å²) >= 11 is -1.40. The number of carbonyl (C=O) groups excluding carboxylic acids is 2. The third kappa shape index (κ3) is 5.13. The summed E-state index contributed by atoms with van der Waals surface area (Å²) in [5.74, 6) is 4.92. The topological polar surface area (TPSA) is 103 Å². The summed E-state index contributed by atoms with van der Waals surface area (Å²) in [4.78, 5) is 28.9. The van der Waals surface area contributed by atoms with Crippen LogP contribution >= 0.6 is 0 Å². The molecule has 0 spiro atoms. The van der Waals surface area contributed by atoms with E-state index in [1.54, 1.807) is 31.3 Å². The number of hydrogen-bond donors (Lipinski definition) is 2. The number of anilines is 1. The van der Waals surface area contributed by atoms with Crippen LogP contribution in [0.3, 0.4) is 0 Å².